The van der Waals surface area contributed by atoms with E-state index in [1.807, 2.05) is 0 Å². The minimum absolute atomic E-state index is 0.289. The fourth-order valence-corrected chi connectivity index (χ4v) is 1.54. The highest BCUT2D eigenvalue weighted by Gasteiger charge is 2.61. The summed E-state index contributed by atoms with van der Waals surface area (Å²) in [5.74, 6) is -7.62. The van der Waals surface area contributed by atoms with Gasteiger partial charge in [0.2, 0.25) is 0 Å². The van der Waals surface area contributed by atoms with Crippen molar-refractivity contribution in [2.75, 3.05) is 0 Å². The zero-order valence-corrected chi connectivity index (χ0v) is 7.33. The van der Waals surface area contributed by atoms with Crippen molar-refractivity contribution in [3.05, 3.63) is 0 Å². The second-order valence-corrected chi connectivity index (χ2v) is 3.32. The fourth-order valence-electron chi connectivity index (χ4n) is 1.54. The van der Waals surface area contributed by atoms with Gasteiger partial charge in [0.05, 0.1) is 0 Å². The molecule has 2 atom stereocenters. The van der Waals surface area contributed by atoms with Crippen molar-refractivity contribution < 1.29 is 28.6 Å². The maximum absolute atomic E-state index is 13.6. The van der Waals surface area contributed by atoms with Gasteiger partial charge in [0.15, 0.2) is 5.79 Å². The molecule has 0 aromatic heterocycles. The number of rotatable bonds is 1. The number of carboxylic acids is 1. The van der Waals surface area contributed by atoms with Gasteiger partial charge < -0.3 is 10.2 Å². The Morgan fingerprint density at radius 3 is 2.07 bits per heavy atom. The number of likely N-dealkylation sites (tertiary alicyclic amines) is 1. The molecule has 2 N–H and O–H groups in total. The molecule has 7 heteroatoms. The highest BCUT2D eigenvalue weighted by atomic mass is 19.2. The third-order valence-electron chi connectivity index (χ3n) is 2.25. The summed E-state index contributed by atoms with van der Waals surface area (Å²) < 4.78 is 27.0. The number of amides is 1. The standard InChI is InChI=1S/C7H9F2NO4/c1-6(8)2-3-7(9,4(11)12)10(6)5(13)14/h2-3H2,1H3,(H,11,12)(H,13,14)/t6-,7-/m0/s1. The van der Waals surface area contributed by atoms with Gasteiger partial charge in [-0.25, -0.2) is 23.3 Å². The van der Waals surface area contributed by atoms with Gasteiger partial charge in [0.25, 0.3) is 5.79 Å². The van der Waals surface area contributed by atoms with E-state index < -0.39 is 36.5 Å². The lowest BCUT2D eigenvalue weighted by atomic mass is 10.1. The van der Waals surface area contributed by atoms with Gasteiger partial charge in [0.1, 0.15) is 0 Å². The second-order valence-electron chi connectivity index (χ2n) is 3.32. The van der Waals surface area contributed by atoms with Crippen molar-refractivity contribution in [2.45, 2.75) is 31.4 Å². The molecule has 0 spiro atoms. The molecule has 0 unspecified atom stereocenters. The van der Waals surface area contributed by atoms with Gasteiger partial charge in [0, 0.05) is 12.8 Å². The van der Waals surface area contributed by atoms with Crippen molar-refractivity contribution in [3.63, 3.8) is 0 Å². The lowest BCUT2D eigenvalue weighted by Crippen LogP contribution is -2.55. The molecule has 0 saturated carbocycles. The number of nitrogens with zero attached hydrogens (tertiary/aromatic N) is 1. The maximum Gasteiger partial charge on any atom is 0.412 e. The van der Waals surface area contributed by atoms with Crippen molar-refractivity contribution >= 4 is 12.1 Å². The molecule has 1 heterocycles. The highest BCUT2D eigenvalue weighted by Crippen LogP contribution is 2.43. The van der Waals surface area contributed by atoms with E-state index >= 15 is 0 Å². The first-order chi connectivity index (χ1) is 6.22. The Labute approximate surface area is 77.9 Å². The summed E-state index contributed by atoms with van der Waals surface area (Å²) in [6.07, 6.45) is -3.07. The predicted octanol–water partition coefficient (Wildman–Crippen LogP) is 1.20. The monoisotopic (exact) mass is 209 g/mol. The molecule has 5 nitrogen and oxygen atoms in total. The predicted molar refractivity (Wildman–Crippen MR) is 40.1 cm³/mol. The first kappa shape index (κ1) is 10.7. The molecule has 80 valence electrons. The molecule has 1 aliphatic rings. The van der Waals surface area contributed by atoms with Crippen LogP contribution in [0.25, 0.3) is 0 Å². The van der Waals surface area contributed by atoms with Gasteiger partial charge in [-0.3, -0.25) is 0 Å². The molecule has 1 amide bonds. The molecule has 0 radical (unpaired) electrons. The van der Waals surface area contributed by atoms with Crippen molar-refractivity contribution in [1.82, 2.24) is 4.90 Å². The molecular formula is C7H9F2NO4. The first-order valence-corrected chi connectivity index (χ1v) is 3.86. The van der Waals surface area contributed by atoms with E-state index in [1.54, 1.807) is 0 Å². The minimum Gasteiger partial charge on any atom is -0.477 e. The summed E-state index contributed by atoms with van der Waals surface area (Å²) in [6.45, 7) is 0.839. The molecule has 14 heavy (non-hydrogen) atoms. The van der Waals surface area contributed by atoms with Crippen LogP contribution in [0.5, 0.6) is 0 Å². The fraction of sp³-hybridized carbons (Fsp3) is 0.714. The number of alkyl halides is 2. The van der Waals surface area contributed by atoms with Crippen LogP contribution in [0, 0.1) is 0 Å². The van der Waals surface area contributed by atoms with Crippen LogP contribution < -0.4 is 0 Å². The lowest BCUT2D eigenvalue weighted by Gasteiger charge is -2.31. The summed E-state index contributed by atoms with van der Waals surface area (Å²) in [5.41, 5.74) is 0. The van der Waals surface area contributed by atoms with Crippen LogP contribution in [0.1, 0.15) is 19.8 Å². The van der Waals surface area contributed by atoms with Crippen LogP contribution in [-0.4, -0.2) is 38.8 Å². The Balaban J connectivity index is 3.13. The van der Waals surface area contributed by atoms with Gasteiger partial charge in [-0.1, -0.05) is 0 Å². The van der Waals surface area contributed by atoms with Crippen LogP contribution in [0.4, 0.5) is 13.6 Å². The molecule has 0 aromatic carbocycles. The van der Waals surface area contributed by atoms with Crippen molar-refractivity contribution in [2.24, 2.45) is 0 Å². The molecule has 0 bridgehead atoms. The van der Waals surface area contributed by atoms with Crippen molar-refractivity contribution in [3.8, 4) is 0 Å². The van der Waals surface area contributed by atoms with Crippen LogP contribution in [0.3, 0.4) is 0 Å². The van der Waals surface area contributed by atoms with Gasteiger partial charge in [-0.2, -0.15) is 0 Å². The largest absolute Gasteiger partial charge is 0.477 e. The molecular weight excluding hydrogens is 200 g/mol. The zero-order valence-electron chi connectivity index (χ0n) is 7.33. The van der Waals surface area contributed by atoms with E-state index in [-0.39, 0.29) is 4.90 Å². The van der Waals surface area contributed by atoms with Gasteiger partial charge in [-0.05, 0) is 6.92 Å². The first-order valence-electron chi connectivity index (χ1n) is 3.86. The van der Waals surface area contributed by atoms with Gasteiger partial charge in [-0.15, -0.1) is 0 Å². The minimum atomic E-state index is -3.16. The number of aliphatic carboxylic acids is 1. The molecule has 0 aliphatic carbocycles. The topological polar surface area (TPSA) is 77.8 Å². The third-order valence-corrected chi connectivity index (χ3v) is 2.25. The molecule has 1 saturated heterocycles. The molecule has 1 rings (SSSR count). The molecule has 1 fully saturated rings. The molecule has 0 aromatic rings. The van der Waals surface area contributed by atoms with E-state index in [0.717, 1.165) is 6.92 Å². The second kappa shape index (κ2) is 2.79. The van der Waals surface area contributed by atoms with E-state index in [0.29, 0.717) is 0 Å². The van der Waals surface area contributed by atoms with E-state index in [4.69, 9.17) is 10.2 Å². The smallest absolute Gasteiger partial charge is 0.412 e. The Morgan fingerprint density at radius 2 is 1.79 bits per heavy atom. The maximum atomic E-state index is 13.6. The average Bonchev–Trinajstić information content (AvgIpc) is 2.23. The normalized spacial score (nSPS) is 37.2. The van der Waals surface area contributed by atoms with E-state index in [2.05, 4.69) is 0 Å². The summed E-state index contributed by atoms with van der Waals surface area (Å²) in [7, 11) is 0. The van der Waals surface area contributed by atoms with Crippen LogP contribution in [-0.2, 0) is 4.79 Å². The van der Waals surface area contributed by atoms with Crippen molar-refractivity contribution in [1.29, 1.82) is 0 Å². The Kier molecular flexibility index (Phi) is 2.13. The van der Waals surface area contributed by atoms with Gasteiger partial charge >= 0.3 is 12.1 Å². The summed E-state index contributed by atoms with van der Waals surface area (Å²) in [6, 6.07) is 0. The lowest BCUT2D eigenvalue weighted by molar-refractivity contribution is -0.168. The number of carboxylic acid groups (broad SMARTS) is 2. The summed E-state index contributed by atoms with van der Waals surface area (Å²) in [5, 5.41) is 17.0. The van der Waals surface area contributed by atoms with E-state index in [1.165, 1.54) is 0 Å². The summed E-state index contributed by atoms with van der Waals surface area (Å²) in [4.78, 5) is 20.7. The zero-order chi connectivity index (χ0) is 11.1. The Hall–Kier alpha value is -1.40. The summed E-state index contributed by atoms with van der Waals surface area (Å²) >= 11 is 0. The molecule has 1 aliphatic heterocycles. The highest BCUT2D eigenvalue weighted by molar-refractivity contribution is 5.83. The Morgan fingerprint density at radius 1 is 1.29 bits per heavy atom. The number of hydrogen-bond donors (Lipinski definition) is 2. The number of carbonyl (C=O) groups is 2. The number of hydrogen-bond acceptors (Lipinski definition) is 2. The quantitative estimate of drug-likeness (QED) is 0.636. The average molecular weight is 209 g/mol. The van der Waals surface area contributed by atoms with Crippen LogP contribution >= 0.6 is 0 Å². The SMILES string of the molecule is C[C@@]1(F)CC[C@@](F)(C(=O)O)N1C(=O)O. The Bertz CT molecular complexity index is 293. The van der Waals surface area contributed by atoms with E-state index in [9.17, 15) is 18.4 Å². The number of halogens is 2. The third kappa shape index (κ3) is 1.28. The van der Waals surface area contributed by atoms with Crippen LogP contribution in [0.15, 0.2) is 0 Å². The van der Waals surface area contributed by atoms with Crippen LogP contribution in [0.2, 0.25) is 0 Å².